The first kappa shape index (κ1) is 58.4. The lowest BCUT2D eigenvalue weighted by Crippen LogP contribution is -2.57. The number of fused-ring (bicyclic) bond motifs is 3. The Bertz CT molecular complexity index is 2650. The highest BCUT2D eigenvalue weighted by Crippen LogP contribution is 2.40. The first-order valence-corrected chi connectivity index (χ1v) is 25.8. The van der Waals surface area contributed by atoms with Gasteiger partial charge in [-0.1, -0.05) is 63.6 Å². The Kier molecular flexibility index (Phi) is 19.7. The van der Waals surface area contributed by atoms with Crippen LogP contribution in [-0.2, 0) is 48.1 Å². The van der Waals surface area contributed by atoms with Crippen molar-refractivity contribution in [3.05, 3.63) is 87.1 Å². The van der Waals surface area contributed by atoms with Crippen molar-refractivity contribution in [2.75, 3.05) is 20.1 Å². The largest absolute Gasteiger partial charge is 0.444 e. The van der Waals surface area contributed by atoms with E-state index in [-0.39, 0.29) is 38.9 Å². The van der Waals surface area contributed by atoms with Gasteiger partial charge in [0.25, 0.3) is 5.92 Å². The summed E-state index contributed by atoms with van der Waals surface area (Å²) in [5, 5.41) is 15.2. The maximum Gasteiger partial charge on any atom is 0.419 e. The van der Waals surface area contributed by atoms with Crippen molar-refractivity contribution >= 4 is 86.2 Å². The molecule has 0 aliphatic carbocycles. The first-order chi connectivity index (χ1) is 34.0. The van der Waals surface area contributed by atoms with Crippen molar-refractivity contribution in [2.24, 2.45) is 0 Å². The lowest BCUT2D eigenvalue weighted by molar-refractivity contribution is -0.142. The molecule has 3 atom stereocenters. The summed E-state index contributed by atoms with van der Waals surface area (Å²) < 4.78 is 49.7. The second kappa shape index (κ2) is 24.7. The van der Waals surface area contributed by atoms with Crippen molar-refractivity contribution in [1.82, 2.24) is 41.0 Å². The van der Waals surface area contributed by atoms with Crippen molar-refractivity contribution in [3.63, 3.8) is 0 Å². The van der Waals surface area contributed by atoms with E-state index in [1.54, 1.807) is 111 Å². The molecule has 0 saturated heterocycles. The number of nitrogens with one attached hydrogen (secondary N) is 5. The van der Waals surface area contributed by atoms with Crippen LogP contribution in [0.25, 0.3) is 10.9 Å². The summed E-state index contributed by atoms with van der Waals surface area (Å²) in [6.45, 7) is 14.0. The molecule has 0 fully saturated rings. The lowest BCUT2D eigenvalue weighted by Gasteiger charge is -2.32. The fraction of sp³-hybridized carbons (Fsp3) is 0.510. The van der Waals surface area contributed by atoms with Crippen LogP contribution in [0.5, 0.6) is 0 Å². The highest BCUT2D eigenvalue weighted by Gasteiger charge is 2.38. The number of alkyl carbamates (subject to hydrolysis) is 2. The van der Waals surface area contributed by atoms with Gasteiger partial charge in [0.15, 0.2) is 0 Å². The molecule has 0 spiro atoms. The van der Waals surface area contributed by atoms with E-state index in [2.05, 4.69) is 47.5 Å². The molecule has 5 rings (SSSR count). The van der Waals surface area contributed by atoms with Crippen LogP contribution in [0.3, 0.4) is 0 Å². The molecule has 3 heterocycles. The van der Waals surface area contributed by atoms with Gasteiger partial charge >= 0.3 is 18.3 Å². The second-order valence-electron chi connectivity index (χ2n) is 20.6. The zero-order valence-corrected chi connectivity index (χ0v) is 46.0. The van der Waals surface area contributed by atoms with E-state index in [0.717, 1.165) is 4.90 Å². The molecule has 2 aromatic heterocycles. The number of hydrogen-bond donors (Lipinski definition) is 5. The molecular weight excluding hydrogens is 1050 g/mol. The third-order valence-corrected chi connectivity index (χ3v) is 13.5. The number of ether oxygens (including phenoxy) is 3. The summed E-state index contributed by atoms with van der Waals surface area (Å²) in [6, 6.07) is 9.82. The number of pyridine rings is 1. The fourth-order valence-corrected chi connectivity index (χ4v) is 9.58. The molecule has 5 amide bonds. The number of benzene rings is 2. The number of rotatable bonds is 11. The Hall–Kier alpha value is -5.51. The monoisotopic (exact) mass is 1120 g/mol. The fourth-order valence-electron chi connectivity index (χ4n) is 7.64. The van der Waals surface area contributed by atoms with Crippen LogP contribution in [0.4, 0.5) is 23.2 Å². The van der Waals surface area contributed by atoms with Gasteiger partial charge in [-0.25, -0.2) is 28.1 Å². The van der Waals surface area contributed by atoms with E-state index in [9.17, 15) is 24.0 Å². The Balaban J connectivity index is 1.60. The Labute approximate surface area is 442 Å². The van der Waals surface area contributed by atoms with Gasteiger partial charge in [-0.15, -0.1) is 0 Å². The number of para-hydroxylation sites is 1. The van der Waals surface area contributed by atoms with Gasteiger partial charge in [-0.3, -0.25) is 19.0 Å². The molecule has 4 aromatic rings. The molecule has 2 aromatic carbocycles. The van der Waals surface area contributed by atoms with Crippen LogP contribution >= 0.6 is 39.3 Å². The smallest absolute Gasteiger partial charge is 0.419 e. The Morgan fingerprint density at radius 2 is 1.51 bits per heavy atom. The molecular formula is C51H66BrClF2N8O9S. The van der Waals surface area contributed by atoms with E-state index in [4.69, 9.17) is 25.8 Å². The van der Waals surface area contributed by atoms with Crippen LogP contribution in [-0.4, -0.2) is 111 Å². The number of hydrogen-bond acceptors (Lipinski definition) is 12. The molecule has 0 unspecified atom stereocenters. The van der Waals surface area contributed by atoms with Gasteiger partial charge in [0, 0.05) is 72.2 Å². The van der Waals surface area contributed by atoms with Crippen molar-refractivity contribution < 1.29 is 51.8 Å². The number of nitrogens with zero attached hydrogens (tertiary/aromatic N) is 3. The minimum atomic E-state index is -3.60. The number of carbonyl (C=O) groups excluding carboxylic acids is 6. The van der Waals surface area contributed by atoms with E-state index in [0.29, 0.717) is 47.0 Å². The van der Waals surface area contributed by atoms with Crippen LogP contribution in [0, 0.1) is 0 Å². The number of carbonyl (C=O) groups is 6. The zero-order valence-electron chi connectivity index (χ0n) is 42.8. The highest BCUT2D eigenvalue weighted by atomic mass is 79.9. The minimum Gasteiger partial charge on any atom is -0.444 e. The third-order valence-electron chi connectivity index (χ3n) is 11.1. The molecule has 73 heavy (non-hydrogen) atoms. The quantitative estimate of drug-likeness (QED) is 0.0703. The number of halogens is 4. The molecule has 22 heteroatoms. The number of alkyl halides is 2. The summed E-state index contributed by atoms with van der Waals surface area (Å²) in [5.41, 5.74) is -0.393. The molecule has 5 N–H and O–H groups in total. The Morgan fingerprint density at radius 3 is 2.18 bits per heavy atom. The summed E-state index contributed by atoms with van der Waals surface area (Å²) in [7, 11) is 1.34. The van der Waals surface area contributed by atoms with Crippen LogP contribution in [0.15, 0.2) is 75.3 Å². The van der Waals surface area contributed by atoms with E-state index in [1.165, 1.54) is 29.6 Å². The van der Waals surface area contributed by atoms with Gasteiger partial charge in [-0.2, -0.15) is 0 Å². The molecule has 1 aliphatic rings. The Morgan fingerprint density at radius 1 is 0.849 bits per heavy atom. The number of likely N-dealkylation sites (N-methyl/N-ethyl adjacent to an activating group) is 1. The first-order valence-electron chi connectivity index (χ1n) is 23.8. The topological polar surface area (TPSA) is 211 Å². The maximum absolute atomic E-state index is 15.8. The average molecular weight is 1120 g/mol. The number of amides is 5. The summed E-state index contributed by atoms with van der Waals surface area (Å²) in [5.74, 6) is -5.88. The second-order valence-corrected chi connectivity index (χ2v) is 22.9. The van der Waals surface area contributed by atoms with Gasteiger partial charge in [0.1, 0.15) is 33.9 Å². The average Bonchev–Trinajstić information content (AvgIpc) is 3.66. The summed E-state index contributed by atoms with van der Waals surface area (Å²) in [4.78, 5) is 89.4. The molecule has 17 nitrogen and oxygen atoms in total. The predicted octanol–water partition coefficient (Wildman–Crippen LogP) is 9.27. The van der Waals surface area contributed by atoms with Crippen LogP contribution in [0.1, 0.15) is 105 Å². The van der Waals surface area contributed by atoms with Gasteiger partial charge < -0.3 is 45.7 Å². The summed E-state index contributed by atoms with van der Waals surface area (Å²) >= 11 is 11.8. The minimum absolute atomic E-state index is 0.0668. The lowest BCUT2D eigenvalue weighted by atomic mass is 10.00. The predicted molar refractivity (Wildman–Crippen MR) is 278 cm³/mol. The van der Waals surface area contributed by atoms with E-state index < -0.39 is 96.2 Å². The normalized spacial score (nSPS) is 17.6. The SMILES string of the molecule is CN1C(=O)[C@H](CCC(F)(F)CNC(=O)OC(C)(C)C)NC(=O)[C@H](CCCNC(=O)OC(C)(C)C)NCc2cccnc2Sc2c(Cl)ccc(Br)c2CNC(=O)[C@@H]1Cc1cn(C(=O)OC(C)(C)C)c2ccccc12. The molecule has 1 aliphatic heterocycles. The van der Waals surface area contributed by atoms with Gasteiger partial charge in [-0.05, 0) is 117 Å². The highest BCUT2D eigenvalue weighted by molar-refractivity contribution is 9.10. The molecule has 0 saturated carbocycles. The van der Waals surface area contributed by atoms with Crippen LogP contribution in [0.2, 0.25) is 5.02 Å². The van der Waals surface area contributed by atoms with Crippen molar-refractivity contribution in [1.29, 1.82) is 0 Å². The van der Waals surface area contributed by atoms with Crippen LogP contribution < -0.4 is 26.6 Å². The van der Waals surface area contributed by atoms with Gasteiger partial charge in [0.2, 0.25) is 17.7 Å². The van der Waals surface area contributed by atoms with Crippen molar-refractivity contribution in [3.8, 4) is 0 Å². The summed E-state index contributed by atoms with van der Waals surface area (Å²) in [6.07, 6.45) is -0.774. The zero-order chi connectivity index (χ0) is 54.1. The van der Waals surface area contributed by atoms with E-state index >= 15 is 13.6 Å². The molecule has 398 valence electrons. The molecule has 0 radical (unpaired) electrons. The van der Waals surface area contributed by atoms with Gasteiger partial charge in [0.05, 0.1) is 23.1 Å². The van der Waals surface area contributed by atoms with E-state index in [1.807, 2.05) is 6.07 Å². The molecule has 0 bridgehead atoms. The number of aromatic nitrogens is 2. The maximum atomic E-state index is 15.8. The third kappa shape index (κ3) is 17.6. The van der Waals surface area contributed by atoms with Crippen molar-refractivity contribution in [2.45, 2.75) is 158 Å². The standard InChI is InChI=1S/C51H66BrClF2N8O9S/c1-48(2,3)70-45(67)57-24-14-17-36-41(64)61-37(21-22-51(54,55)29-60-46(68)71-49(4,5)6)44(66)62(10)39(25-31-28-63(47(69)72-50(7,8)9)38-18-12-11-16-32(31)38)42(65)59-27-33-34(52)19-20-35(53)40(33)73-43-30(26-58-36)15-13-23-56-43/h11-13,15-16,18-20,23,28,36-37,39,58H,14,17,21-22,24-27,29H2,1-10H3,(H,57,67)(H,59,65)(H,60,68)(H,61,64)/t36-,37-,39-/m0/s1.